The lowest BCUT2D eigenvalue weighted by molar-refractivity contribution is 0.252. The minimum atomic E-state index is -3.87. The molecule has 0 amide bonds. The van der Waals surface area contributed by atoms with Gasteiger partial charge in [-0.1, -0.05) is 33.8 Å². The fourth-order valence-corrected chi connectivity index (χ4v) is 2.79. The van der Waals surface area contributed by atoms with E-state index in [1.165, 1.54) is 12.1 Å². The zero-order chi connectivity index (χ0) is 15.6. The molecule has 0 bridgehead atoms. The van der Waals surface area contributed by atoms with E-state index < -0.39 is 15.8 Å². The van der Waals surface area contributed by atoms with Gasteiger partial charge in [0.15, 0.2) is 0 Å². The number of nitrogens with two attached hydrogens (primary N) is 1. The van der Waals surface area contributed by atoms with Crippen molar-refractivity contribution in [2.45, 2.75) is 39.1 Å². The summed E-state index contributed by atoms with van der Waals surface area (Å²) < 4.78 is 40.6. The van der Waals surface area contributed by atoms with E-state index in [2.05, 4.69) is 4.72 Å². The molecule has 0 atom stereocenters. The highest BCUT2D eigenvalue weighted by Gasteiger charge is 2.26. The number of nitrogens with one attached hydrogen (secondary N) is 1. The molecule has 6 heteroatoms. The Kier molecular flexibility index (Phi) is 5.29. The van der Waals surface area contributed by atoms with Gasteiger partial charge in [0.05, 0.1) is 0 Å². The molecule has 1 aromatic carbocycles. The van der Waals surface area contributed by atoms with Crippen LogP contribution in [0.1, 0.15) is 33.3 Å². The lowest BCUT2D eigenvalue weighted by atomic mass is 9.81. The van der Waals surface area contributed by atoms with Gasteiger partial charge in [0.25, 0.3) is 0 Å². The van der Waals surface area contributed by atoms with Crippen LogP contribution in [0.3, 0.4) is 0 Å². The highest BCUT2D eigenvalue weighted by atomic mass is 32.2. The molecule has 1 rings (SSSR count). The van der Waals surface area contributed by atoms with Crippen molar-refractivity contribution < 1.29 is 12.8 Å². The minimum absolute atomic E-state index is 0.167. The number of rotatable bonds is 6. The van der Waals surface area contributed by atoms with Crippen LogP contribution >= 0.6 is 0 Å². The molecule has 0 aliphatic carbocycles. The fourth-order valence-electron chi connectivity index (χ4n) is 1.44. The van der Waals surface area contributed by atoms with Gasteiger partial charge in [-0.25, -0.2) is 17.5 Å². The lowest BCUT2D eigenvalue weighted by Crippen LogP contribution is -2.37. The van der Waals surface area contributed by atoms with E-state index in [1.807, 2.05) is 27.7 Å². The molecule has 114 valence electrons. The van der Waals surface area contributed by atoms with Crippen molar-refractivity contribution in [1.82, 2.24) is 4.72 Å². The van der Waals surface area contributed by atoms with Gasteiger partial charge < -0.3 is 5.73 Å². The highest BCUT2D eigenvalue weighted by Crippen LogP contribution is 2.26. The van der Waals surface area contributed by atoms with Gasteiger partial charge >= 0.3 is 0 Å². The second kappa shape index (κ2) is 6.20. The van der Waals surface area contributed by atoms with E-state index in [9.17, 15) is 12.8 Å². The van der Waals surface area contributed by atoms with Crippen molar-refractivity contribution in [1.29, 1.82) is 0 Å². The second-order valence-corrected chi connectivity index (χ2v) is 7.67. The molecule has 0 fully saturated rings. The summed E-state index contributed by atoms with van der Waals surface area (Å²) in [5, 5.41) is 0. The third kappa shape index (κ3) is 4.01. The van der Waals surface area contributed by atoms with Gasteiger partial charge in [0.1, 0.15) is 10.7 Å². The lowest BCUT2D eigenvalue weighted by Gasteiger charge is -2.29. The molecule has 0 aromatic heterocycles. The van der Waals surface area contributed by atoms with Crippen LogP contribution < -0.4 is 10.5 Å². The van der Waals surface area contributed by atoms with E-state index in [4.69, 9.17) is 5.73 Å². The Labute approximate surface area is 120 Å². The number of halogens is 1. The van der Waals surface area contributed by atoms with Crippen LogP contribution in [-0.4, -0.2) is 15.0 Å². The van der Waals surface area contributed by atoms with Crippen molar-refractivity contribution >= 4 is 10.0 Å². The molecule has 0 spiro atoms. The Morgan fingerprint density at radius 1 is 1.35 bits per heavy atom. The fraction of sp³-hybridized carbons (Fsp3) is 0.571. The Balaban J connectivity index is 3.00. The van der Waals surface area contributed by atoms with Crippen molar-refractivity contribution in [3.63, 3.8) is 0 Å². The van der Waals surface area contributed by atoms with Gasteiger partial charge in [-0.15, -0.1) is 0 Å². The van der Waals surface area contributed by atoms with Crippen LogP contribution in [0, 0.1) is 17.2 Å². The zero-order valence-corrected chi connectivity index (χ0v) is 13.2. The van der Waals surface area contributed by atoms with Crippen LogP contribution in [-0.2, 0) is 16.6 Å². The van der Waals surface area contributed by atoms with Crippen molar-refractivity contribution in [3.05, 3.63) is 29.6 Å². The molecule has 0 radical (unpaired) electrons. The molecule has 1 aromatic rings. The summed E-state index contributed by atoms with van der Waals surface area (Å²) in [7, 11) is -3.87. The van der Waals surface area contributed by atoms with E-state index in [0.29, 0.717) is 11.5 Å². The van der Waals surface area contributed by atoms with Crippen LogP contribution in [0.5, 0.6) is 0 Å². The quantitative estimate of drug-likeness (QED) is 0.846. The molecule has 0 saturated carbocycles. The predicted molar refractivity (Wildman–Crippen MR) is 78.1 cm³/mol. The maximum Gasteiger partial charge on any atom is 0.243 e. The first-order valence-corrected chi connectivity index (χ1v) is 8.06. The Morgan fingerprint density at radius 2 is 1.95 bits per heavy atom. The van der Waals surface area contributed by atoms with Crippen LogP contribution in [0.15, 0.2) is 23.1 Å². The van der Waals surface area contributed by atoms with Crippen molar-refractivity contribution in [3.8, 4) is 0 Å². The zero-order valence-electron chi connectivity index (χ0n) is 12.4. The summed E-state index contributed by atoms with van der Waals surface area (Å²) in [4.78, 5) is -0.347. The predicted octanol–water partition coefficient (Wildman–Crippen LogP) is 2.24. The molecule has 20 heavy (non-hydrogen) atoms. The average molecular weight is 302 g/mol. The molecule has 0 saturated heterocycles. The van der Waals surface area contributed by atoms with Crippen molar-refractivity contribution in [2.75, 3.05) is 6.54 Å². The van der Waals surface area contributed by atoms with Crippen molar-refractivity contribution in [2.24, 2.45) is 17.1 Å². The van der Waals surface area contributed by atoms with Gasteiger partial charge in [-0.05, 0) is 29.0 Å². The highest BCUT2D eigenvalue weighted by molar-refractivity contribution is 7.89. The van der Waals surface area contributed by atoms with Crippen LogP contribution in [0.4, 0.5) is 4.39 Å². The van der Waals surface area contributed by atoms with Gasteiger partial charge in [0, 0.05) is 13.1 Å². The maximum absolute atomic E-state index is 13.7. The number of hydrogen-bond donors (Lipinski definition) is 2. The summed E-state index contributed by atoms with van der Waals surface area (Å²) in [6.07, 6.45) is 0. The first-order valence-electron chi connectivity index (χ1n) is 6.58. The van der Waals surface area contributed by atoms with Gasteiger partial charge in [0.2, 0.25) is 10.0 Å². The molecule has 0 heterocycles. The first kappa shape index (κ1) is 17.1. The SMILES string of the molecule is CC(C)C(C)(C)CNS(=O)(=O)c1cc(CN)ccc1F. The Hall–Kier alpha value is -0.980. The third-order valence-corrected chi connectivity index (χ3v) is 5.22. The average Bonchev–Trinajstić information content (AvgIpc) is 2.37. The van der Waals surface area contributed by atoms with E-state index >= 15 is 0 Å². The Morgan fingerprint density at radius 3 is 2.45 bits per heavy atom. The van der Waals surface area contributed by atoms with E-state index in [1.54, 1.807) is 0 Å². The van der Waals surface area contributed by atoms with Gasteiger partial charge in [-0.3, -0.25) is 0 Å². The van der Waals surface area contributed by atoms with Crippen LogP contribution in [0.2, 0.25) is 0 Å². The topological polar surface area (TPSA) is 72.2 Å². The standard InChI is InChI=1S/C14H23FN2O2S/c1-10(2)14(3,4)9-17-20(18,19)13-7-11(8-16)5-6-12(13)15/h5-7,10,17H,8-9,16H2,1-4H3. The number of sulfonamides is 1. The van der Waals surface area contributed by atoms with Crippen LogP contribution in [0.25, 0.3) is 0 Å². The molecule has 0 aliphatic rings. The molecule has 0 aliphatic heterocycles. The minimum Gasteiger partial charge on any atom is -0.326 e. The molecular weight excluding hydrogens is 279 g/mol. The smallest absolute Gasteiger partial charge is 0.243 e. The summed E-state index contributed by atoms with van der Waals surface area (Å²) in [5.41, 5.74) is 5.82. The summed E-state index contributed by atoms with van der Waals surface area (Å²) in [5.74, 6) is -0.470. The first-order chi connectivity index (χ1) is 9.10. The van der Waals surface area contributed by atoms with Gasteiger partial charge in [-0.2, -0.15) is 0 Å². The maximum atomic E-state index is 13.7. The largest absolute Gasteiger partial charge is 0.326 e. The summed E-state index contributed by atoms with van der Waals surface area (Å²) >= 11 is 0. The van der Waals surface area contributed by atoms with E-state index in [-0.39, 0.29) is 23.4 Å². The number of benzene rings is 1. The third-order valence-electron chi connectivity index (χ3n) is 3.80. The molecule has 4 nitrogen and oxygen atoms in total. The molecular formula is C14H23FN2O2S. The Bertz CT molecular complexity index is 569. The monoisotopic (exact) mass is 302 g/mol. The second-order valence-electron chi connectivity index (χ2n) is 5.94. The molecule has 3 N–H and O–H groups in total. The number of hydrogen-bond acceptors (Lipinski definition) is 3. The summed E-state index contributed by atoms with van der Waals surface area (Å²) in [6, 6.07) is 3.89. The summed E-state index contributed by atoms with van der Waals surface area (Å²) in [6.45, 7) is 8.38. The molecule has 0 unspecified atom stereocenters. The van der Waals surface area contributed by atoms with E-state index in [0.717, 1.165) is 6.07 Å². The normalized spacial score (nSPS) is 12.9.